The van der Waals surface area contributed by atoms with E-state index >= 15 is 0 Å². The maximum absolute atomic E-state index is 13.1. The predicted octanol–water partition coefficient (Wildman–Crippen LogP) is 3.39. The Bertz CT molecular complexity index is 923. The highest BCUT2D eigenvalue weighted by Crippen LogP contribution is 2.39. The van der Waals surface area contributed by atoms with E-state index in [-0.39, 0.29) is 36.7 Å². The van der Waals surface area contributed by atoms with Crippen LogP contribution in [0.4, 0.5) is 10.7 Å². The number of rotatable bonds is 8. The minimum atomic E-state index is -0.203. The van der Waals surface area contributed by atoms with Crippen molar-refractivity contribution in [2.45, 2.75) is 58.4 Å². The Morgan fingerprint density at radius 3 is 2.57 bits per heavy atom. The molecule has 0 unspecified atom stereocenters. The zero-order valence-electron chi connectivity index (χ0n) is 17.9. The molecule has 2 aliphatic rings. The first-order valence-corrected chi connectivity index (χ1v) is 10.8. The molecule has 1 aliphatic heterocycles. The molecule has 2 fully saturated rings. The molecule has 30 heavy (non-hydrogen) atoms. The van der Waals surface area contributed by atoms with Crippen molar-refractivity contribution in [1.82, 2.24) is 19.9 Å². The molecule has 1 saturated carbocycles. The van der Waals surface area contributed by atoms with Crippen LogP contribution >= 0.6 is 0 Å². The quantitative estimate of drug-likeness (QED) is 0.670. The first kappa shape index (κ1) is 20.4. The number of aromatic nitrogens is 3. The number of Topliss-reactive ketones (excluding diaryl/α,β-unsaturated/α-hetero) is 1. The number of pyridine rings is 1. The second kappa shape index (κ2) is 8.50. The van der Waals surface area contributed by atoms with Crippen LogP contribution in [-0.2, 0) is 17.6 Å². The van der Waals surface area contributed by atoms with Gasteiger partial charge in [-0.2, -0.15) is 0 Å². The SMILES string of the molecule is CCc1cnc(N2C[C@H](C(C)C)N(CC(=O)Cc3cc(C4CC4)ccn3)C2=O)nc1. The smallest absolute Gasteiger partial charge is 0.312 e. The number of carbonyl (C=O) groups excluding carboxylic acids is 2. The van der Waals surface area contributed by atoms with E-state index in [0.29, 0.717) is 18.4 Å². The molecule has 2 amide bonds. The molecule has 158 valence electrons. The Morgan fingerprint density at radius 2 is 1.93 bits per heavy atom. The molecule has 2 aromatic rings. The molecule has 3 heterocycles. The Kier molecular flexibility index (Phi) is 5.79. The maximum atomic E-state index is 13.1. The standard InChI is InChI=1S/C23H29N5O2/c1-4-16-11-25-22(26-12-16)28-14-21(15(2)3)27(23(28)30)13-20(29)10-19-9-18(7-8-24-19)17-5-6-17/h7-9,11-12,15,17,21H,4-6,10,13-14H2,1-3H3/t21-/m1/s1. The fraction of sp³-hybridized carbons (Fsp3) is 0.522. The summed E-state index contributed by atoms with van der Waals surface area (Å²) in [6.07, 6.45) is 8.82. The lowest BCUT2D eigenvalue weighted by Gasteiger charge is -2.25. The van der Waals surface area contributed by atoms with Crippen LogP contribution in [0.15, 0.2) is 30.7 Å². The summed E-state index contributed by atoms with van der Waals surface area (Å²) in [5.41, 5.74) is 3.08. The van der Waals surface area contributed by atoms with Gasteiger partial charge in [0.2, 0.25) is 5.95 Å². The van der Waals surface area contributed by atoms with Gasteiger partial charge < -0.3 is 4.90 Å². The van der Waals surface area contributed by atoms with Gasteiger partial charge in [0, 0.05) is 24.3 Å². The number of hydrogen-bond acceptors (Lipinski definition) is 5. The number of anilines is 1. The van der Waals surface area contributed by atoms with Crippen LogP contribution in [0.1, 0.15) is 56.4 Å². The van der Waals surface area contributed by atoms with Crippen molar-refractivity contribution in [3.8, 4) is 0 Å². The highest BCUT2D eigenvalue weighted by atomic mass is 16.2. The van der Waals surface area contributed by atoms with Crippen molar-refractivity contribution < 1.29 is 9.59 Å². The summed E-state index contributed by atoms with van der Waals surface area (Å²) < 4.78 is 0. The average molecular weight is 408 g/mol. The summed E-state index contributed by atoms with van der Waals surface area (Å²) in [6, 6.07) is 3.82. The van der Waals surface area contributed by atoms with Gasteiger partial charge >= 0.3 is 6.03 Å². The van der Waals surface area contributed by atoms with Crippen molar-refractivity contribution in [3.63, 3.8) is 0 Å². The van der Waals surface area contributed by atoms with Crippen molar-refractivity contribution >= 4 is 17.8 Å². The molecular weight excluding hydrogens is 378 g/mol. The number of nitrogens with zero attached hydrogens (tertiary/aromatic N) is 5. The number of aryl methyl sites for hydroxylation is 1. The van der Waals surface area contributed by atoms with E-state index in [0.717, 1.165) is 17.7 Å². The number of ketones is 1. The van der Waals surface area contributed by atoms with E-state index in [2.05, 4.69) is 28.8 Å². The van der Waals surface area contributed by atoms with Gasteiger partial charge in [-0.3, -0.25) is 14.7 Å². The normalized spacial score (nSPS) is 19.1. The van der Waals surface area contributed by atoms with Gasteiger partial charge in [0.15, 0.2) is 5.78 Å². The van der Waals surface area contributed by atoms with Crippen molar-refractivity contribution in [1.29, 1.82) is 0 Å². The lowest BCUT2D eigenvalue weighted by atomic mass is 10.0. The summed E-state index contributed by atoms with van der Waals surface area (Å²) in [5.74, 6) is 1.24. The molecule has 0 aromatic carbocycles. The lowest BCUT2D eigenvalue weighted by Crippen LogP contribution is -2.41. The van der Waals surface area contributed by atoms with Crippen LogP contribution in [0.5, 0.6) is 0 Å². The van der Waals surface area contributed by atoms with E-state index < -0.39 is 0 Å². The van der Waals surface area contributed by atoms with Crippen molar-refractivity contribution in [2.24, 2.45) is 5.92 Å². The molecule has 0 bridgehead atoms. The average Bonchev–Trinajstić information content (AvgIpc) is 3.54. The molecule has 7 nitrogen and oxygen atoms in total. The fourth-order valence-corrected chi connectivity index (χ4v) is 3.97. The summed E-state index contributed by atoms with van der Waals surface area (Å²) in [5, 5.41) is 0. The van der Waals surface area contributed by atoms with Gasteiger partial charge in [-0.25, -0.2) is 14.8 Å². The Morgan fingerprint density at radius 1 is 1.20 bits per heavy atom. The van der Waals surface area contributed by atoms with E-state index in [4.69, 9.17) is 0 Å². The lowest BCUT2D eigenvalue weighted by molar-refractivity contribution is -0.119. The van der Waals surface area contributed by atoms with Crippen molar-refractivity contribution in [3.05, 3.63) is 47.5 Å². The van der Waals surface area contributed by atoms with E-state index in [1.807, 2.05) is 19.1 Å². The molecule has 2 aromatic heterocycles. The summed E-state index contributed by atoms with van der Waals surface area (Å²) in [6.45, 7) is 6.75. The monoisotopic (exact) mass is 407 g/mol. The first-order valence-electron chi connectivity index (χ1n) is 10.8. The predicted molar refractivity (Wildman–Crippen MR) is 114 cm³/mol. The van der Waals surface area contributed by atoms with Crippen LogP contribution in [0, 0.1) is 5.92 Å². The zero-order valence-corrected chi connectivity index (χ0v) is 17.9. The molecule has 1 atom stereocenters. The van der Waals surface area contributed by atoms with Gasteiger partial charge in [0.25, 0.3) is 0 Å². The molecule has 0 N–H and O–H groups in total. The molecule has 1 saturated heterocycles. The Hall–Kier alpha value is -2.83. The number of amides is 2. The number of hydrogen-bond donors (Lipinski definition) is 0. The highest BCUT2D eigenvalue weighted by Gasteiger charge is 2.41. The highest BCUT2D eigenvalue weighted by molar-refractivity contribution is 5.96. The molecule has 1 aliphatic carbocycles. The zero-order chi connectivity index (χ0) is 21.3. The topological polar surface area (TPSA) is 79.3 Å². The van der Waals surface area contributed by atoms with Crippen LogP contribution in [0.3, 0.4) is 0 Å². The second-order valence-corrected chi connectivity index (χ2v) is 8.65. The third-order valence-electron chi connectivity index (χ3n) is 5.97. The fourth-order valence-electron chi connectivity index (χ4n) is 3.97. The number of urea groups is 1. The summed E-state index contributed by atoms with van der Waals surface area (Å²) in [4.78, 5) is 42.3. The largest absolute Gasteiger partial charge is 0.327 e. The number of carbonyl (C=O) groups is 2. The van der Waals surface area contributed by atoms with Gasteiger partial charge in [-0.15, -0.1) is 0 Å². The minimum absolute atomic E-state index is 0.00135. The van der Waals surface area contributed by atoms with Gasteiger partial charge in [-0.05, 0) is 54.4 Å². The summed E-state index contributed by atoms with van der Waals surface area (Å²) >= 11 is 0. The van der Waals surface area contributed by atoms with Crippen LogP contribution in [-0.4, -0.2) is 50.8 Å². The third kappa shape index (κ3) is 4.35. The maximum Gasteiger partial charge on any atom is 0.327 e. The molecule has 0 radical (unpaired) electrons. The van der Waals surface area contributed by atoms with Crippen molar-refractivity contribution in [2.75, 3.05) is 18.0 Å². The third-order valence-corrected chi connectivity index (χ3v) is 5.97. The van der Waals surface area contributed by atoms with Crippen LogP contribution in [0.25, 0.3) is 0 Å². The molecule has 7 heteroatoms. The first-order chi connectivity index (χ1) is 14.5. The Balaban J connectivity index is 1.46. The van der Waals surface area contributed by atoms with Gasteiger partial charge in [0.1, 0.15) is 0 Å². The summed E-state index contributed by atoms with van der Waals surface area (Å²) in [7, 11) is 0. The molecular formula is C23H29N5O2. The van der Waals surface area contributed by atoms with Crippen LogP contribution < -0.4 is 4.90 Å². The van der Waals surface area contributed by atoms with Crippen LogP contribution in [0.2, 0.25) is 0 Å². The molecule has 4 rings (SSSR count). The van der Waals surface area contributed by atoms with Gasteiger partial charge in [-0.1, -0.05) is 20.8 Å². The van der Waals surface area contributed by atoms with E-state index in [1.54, 1.807) is 28.4 Å². The minimum Gasteiger partial charge on any atom is -0.312 e. The second-order valence-electron chi connectivity index (χ2n) is 8.65. The van der Waals surface area contributed by atoms with E-state index in [9.17, 15) is 9.59 Å². The van der Waals surface area contributed by atoms with Gasteiger partial charge in [0.05, 0.1) is 25.6 Å². The van der Waals surface area contributed by atoms with E-state index in [1.165, 1.54) is 18.4 Å². The Labute approximate surface area is 177 Å². The molecule has 0 spiro atoms.